The van der Waals surface area contributed by atoms with E-state index in [9.17, 15) is 45.2 Å². The van der Waals surface area contributed by atoms with Crippen LogP contribution in [0.25, 0.3) is 10.9 Å². The molecular weight excluding hydrogens is 579 g/mol. The van der Waals surface area contributed by atoms with Gasteiger partial charge < -0.3 is 55.6 Å². The summed E-state index contributed by atoms with van der Waals surface area (Å²) in [5.74, 6) is -18.1. The summed E-state index contributed by atoms with van der Waals surface area (Å²) in [6.07, 6.45) is 1.17. The third-order valence-corrected chi connectivity index (χ3v) is 6.90. The molecule has 9 N–H and O–H groups in total. The Bertz CT molecular complexity index is 1350. The number of nitrogens with one attached hydrogen (secondary N) is 1. The van der Waals surface area contributed by atoms with Crippen molar-refractivity contribution >= 4 is 38.3 Å². The Balaban J connectivity index is 1.69. The van der Waals surface area contributed by atoms with Gasteiger partial charge in [0.05, 0.1) is 18.3 Å². The molecule has 0 atom stereocenters. The maximum atomic E-state index is 14.3. The highest BCUT2D eigenvalue weighted by Gasteiger charge is 2.76. The van der Waals surface area contributed by atoms with E-state index < -0.39 is 41.7 Å². The molecule has 1 saturated heterocycles. The molecule has 1 fully saturated rings. The molecule has 1 aromatic heterocycles. The molecule has 0 amide bonds. The minimum atomic E-state index is -3.76. The number of aliphatic hydroxyl groups is 8. The summed E-state index contributed by atoms with van der Waals surface area (Å²) in [4.78, 5) is 7.98. The first kappa shape index (κ1) is 28.2. The third kappa shape index (κ3) is 4.34. The number of aromatic nitrogens is 2. The number of piperidine rings is 1. The predicted molar refractivity (Wildman–Crippen MR) is 129 cm³/mol. The van der Waals surface area contributed by atoms with Crippen molar-refractivity contribution in [1.82, 2.24) is 14.9 Å². The molecule has 0 saturated carbocycles. The summed E-state index contributed by atoms with van der Waals surface area (Å²) in [6, 6.07) is 7.07. The Hall–Kier alpha value is -2.77. The Morgan fingerprint density at radius 1 is 0.974 bits per heavy atom. The van der Waals surface area contributed by atoms with E-state index in [2.05, 4.69) is 31.2 Å². The van der Waals surface area contributed by atoms with Gasteiger partial charge in [0.25, 0.3) is 11.8 Å². The molecule has 2 aromatic carbocycles. The second-order valence-electron chi connectivity index (χ2n) is 8.64. The second kappa shape index (κ2) is 9.45. The lowest BCUT2D eigenvalue weighted by Crippen LogP contribution is -2.86. The van der Waals surface area contributed by atoms with Crippen LogP contribution in [-0.2, 0) is 0 Å². The van der Waals surface area contributed by atoms with E-state index >= 15 is 0 Å². The second-order valence-corrected chi connectivity index (χ2v) is 9.55. The number of likely N-dealkylation sites (tertiary alicyclic amines) is 1. The van der Waals surface area contributed by atoms with Gasteiger partial charge in [-0.05, 0) is 31.3 Å². The molecule has 206 valence electrons. The van der Waals surface area contributed by atoms with Crippen molar-refractivity contribution < 1.29 is 54.7 Å². The fourth-order valence-corrected chi connectivity index (χ4v) is 4.35. The van der Waals surface area contributed by atoms with E-state index in [0.29, 0.717) is 16.9 Å². The Morgan fingerprint density at radius 2 is 1.61 bits per heavy atom. The first-order valence-corrected chi connectivity index (χ1v) is 11.6. The van der Waals surface area contributed by atoms with Gasteiger partial charge in [-0.2, -0.15) is 4.90 Å². The summed E-state index contributed by atoms with van der Waals surface area (Å²) in [7, 11) is 1.86. The molecular formula is C22H24BrFN4O10. The van der Waals surface area contributed by atoms with Gasteiger partial charge in [-0.1, -0.05) is 15.9 Å². The van der Waals surface area contributed by atoms with E-state index in [4.69, 9.17) is 9.47 Å². The van der Waals surface area contributed by atoms with Gasteiger partial charge in [-0.15, -0.1) is 0 Å². The van der Waals surface area contributed by atoms with Gasteiger partial charge in [0.2, 0.25) is 11.6 Å². The lowest BCUT2D eigenvalue weighted by atomic mass is 9.80. The molecule has 1 aliphatic heterocycles. The fraction of sp³-hybridized carbons (Fsp3) is 0.364. The average molecular weight is 603 g/mol. The molecule has 4 rings (SSSR count). The van der Waals surface area contributed by atoms with Crippen LogP contribution in [0.5, 0.6) is 11.5 Å². The summed E-state index contributed by atoms with van der Waals surface area (Å²) in [5.41, 5.74) is 0.349. The smallest absolute Gasteiger partial charge is 0.286 e. The van der Waals surface area contributed by atoms with Crippen molar-refractivity contribution in [1.29, 1.82) is 0 Å². The summed E-state index contributed by atoms with van der Waals surface area (Å²) in [5, 5.41) is 85.3. The van der Waals surface area contributed by atoms with Crippen LogP contribution in [0.2, 0.25) is 0 Å². The molecule has 0 bridgehead atoms. The van der Waals surface area contributed by atoms with Crippen LogP contribution < -0.4 is 14.8 Å². The Morgan fingerprint density at radius 3 is 2.18 bits per heavy atom. The van der Waals surface area contributed by atoms with E-state index in [1.807, 2.05) is 0 Å². The average Bonchev–Trinajstić information content (AvgIpc) is 2.83. The number of benzene rings is 2. The van der Waals surface area contributed by atoms with Gasteiger partial charge >= 0.3 is 0 Å². The molecule has 0 radical (unpaired) electrons. The Labute approximate surface area is 221 Å². The zero-order valence-corrected chi connectivity index (χ0v) is 21.3. The van der Waals surface area contributed by atoms with E-state index in [1.165, 1.54) is 37.7 Å². The van der Waals surface area contributed by atoms with Crippen molar-refractivity contribution in [2.24, 2.45) is 5.92 Å². The predicted octanol–water partition coefficient (Wildman–Crippen LogP) is -1.14. The van der Waals surface area contributed by atoms with Crippen molar-refractivity contribution in [3.05, 3.63) is 46.9 Å². The summed E-state index contributed by atoms with van der Waals surface area (Å²) in [6.45, 7) is -1.11. The number of hydrogen-bond donors (Lipinski definition) is 9. The van der Waals surface area contributed by atoms with Crippen LogP contribution in [0, 0.1) is 11.7 Å². The monoisotopic (exact) mass is 602 g/mol. The number of rotatable bonds is 6. The fourth-order valence-electron chi connectivity index (χ4n) is 4.02. The van der Waals surface area contributed by atoms with Gasteiger partial charge in [-0.25, -0.2) is 14.4 Å². The van der Waals surface area contributed by atoms with Crippen LogP contribution in [0.1, 0.15) is 0 Å². The highest BCUT2D eigenvalue weighted by atomic mass is 79.9. The van der Waals surface area contributed by atoms with Crippen LogP contribution >= 0.6 is 15.9 Å². The molecule has 0 spiro atoms. The van der Waals surface area contributed by atoms with E-state index in [0.717, 1.165) is 0 Å². The number of fused-ring (bicyclic) bond motifs is 1. The first-order valence-electron chi connectivity index (χ1n) is 10.8. The number of nitrogens with zero attached hydrogens (tertiary/aromatic N) is 3. The number of hydrogen-bond acceptors (Lipinski definition) is 14. The van der Waals surface area contributed by atoms with Crippen molar-refractivity contribution in [2.75, 3.05) is 26.1 Å². The third-order valence-electron chi connectivity index (χ3n) is 6.40. The van der Waals surface area contributed by atoms with Gasteiger partial charge in [0.1, 0.15) is 30.5 Å². The molecule has 38 heavy (non-hydrogen) atoms. The Kier molecular flexibility index (Phi) is 7.03. The molecule has 3 aromatic rings. The normalized spacial score (nSPS) is 20.3. The topological polar surface area (TPSA) is 221 Å². The summed E-state index contributed by atoms with van der Waals surface area (Å²) >= 11 is 3.18. The molecule has 1 aliphatic rings. The van der Waals surface area contributed by atoms with Gasteiger partial charge in [-0.3, -0.25) is 0 Å². The number of ether oxygens (including phenoxy) is 2. The lowest BCUT2D eigenvalue weighted by molar-refractivity contribution is -0.566. The van der Waals surface area contributed by atoms with Crippen molar-refractivity contribution in [2.45, 2.75) is 23.4 Å². The molecule has 2 heterocycles. The quantitative estimate of drug-likeness (QED) is 0.152. The van der Waals surface area contributed by atoms with Crippen LogP contribution in [0.15, 0.2) is 41.1 Å². The highest BCUT2D eigenvalue weighted by molar-refractivity contribution is 9.10. The highest BCUT2D eigenvalue weighted by Crippen LogP contribution is 2.47. The van der Waals surface area contributed by atoms with Gasteiger partial charge in [0, 0.05) is 15.9 Å². The number of methoxy groups -OCH3 is 1. The zero-order chi connectivity index (χ0) is 28.3. The zero-order valence-electron chi connectivity index (χ0n) is 19.7. The minimum Gasteiger partial charge on any atom is -0.493 e. The first-order chi connectivity index (χ1) is 17.6. The molecule has 16 heteroatoms. The number of halogens is 2. The molecule has 14 nitrogen and oxygen atoms in total. The number of likely N-dealkylation sites (N-methyl/N-ethyl adjacent to an activating group) is 1. The van der Waals surface area contributed by atoms with Crippen molar-refractivity contribution in [3.8, 4) is 11.5 Å². The standard InChI is InChI=1S/C22H24BrFN4O10/c1-28-21(33,34)19(29,30)17(20(31,32)22(28,35)36)8-38-16-7-14-11(6-15(16)37-2)18(26-9-25-14)27-13-4-3-10(23)5-12(13)24/h3-7,9,17,29-36H,8H2,1-2H3,(H,25,26,27). The minimum absolute atomic E-state index is 0.000958. The maximum absolute atomic E-state index is 14.3. The largest absolute Gasteiger partial charge is 0.493 e. The van der Waals surface area contributed by atoms with Crippen LogP contribution in [0.4, 0.5) is 15.9 Å². The lowest BCUT2D eigenvalue weighted by Gasteiger charge is -2.58. The van der Waals surface area contributed by atoms with Crippen molar-refractivity contribution in [3.63, 3.8) is 0 Å². The summed E-state index contributed by atoms with van der Waals surface area (Å²) < 4.78 is 25.7. The SMILES string of the molecule is COc1cc2c(Nc3ccc(Br)cc3F)ncnc2cc1OCC1C(O)(O)C(O)(O)N(C)C(O)(O)C1(O)O. The van der Waals surface area contributed by atoms with Crippen LogP contribution in [0.3, 0.4) is 0 Å². The molecule has 0 unspecified atom stereocenters. The molecule has 0 aliphatic carbocycles. The van der Waals surface area contributed by atoms with E-state index in [1.54, 1.807) is 6.07 Å². The maximum Gasteiger partial charge on any atom is 0.286 e. The van der Waals surface area contributed by atoms with Crippen LogP contribution in [-0.4, -0.2) is 99.9 Å². The van der Waals surface area contributed by atoms with E-state index in [-0.39, 0.29) is 33.4 Å². The number of anilines is 2. The van der Waals surface area contributed by atoms with Gasteiger partial charge in [0.15, 0.2) is 11.5 Å².